The minimum atomic E-state index is -0.826. The normalized spacial score (nSPS) is 18.1. The molecule has 0 saturated carbocycles. The van der Waals surface area contributed by atoms with Gasteiger partial charge in [-0.15, -0.1) is 0 Å². The van der Waals surface area contributed by atoms with Gasteiger partial charge in [0.2, 0.25) is 0 Å². The molecule has 206 valence electrons. The molecule has 3 aliphatic heterocycles. The van der Waals surface area contributed by atoms with Crippen molar-refractivity contribution in [2.75, 3.05) is 0 Å². The number of nitrogens with one attached hydrogen (secondary N) is 2. The number of rotatable bonds is 0. The molecule has 0 spiro atoms. The van der Waals surface area contributed by atoms with Gasteiger partial charge in [-0.05, 0) is 0 Å². The Bertz CT molecular complexity index is 2280. The summed E-state index contributed by atoms with van der Waals surface area (Å²) in [5.74, 6) is 2.52. The molecule has 11 heteroatoms. The predicted molar refractivity (Wildman–Crippen MR) is 171 cm³/mol. The van der Waals surface area contributed by atoms with Crippen molar-refractivity contribution in [3.63, 3.8) is 0 Å². The third kappa shape index (κ3) is 4.52. The average Bonchev–Trinajstić information content (AvgIpc) is 3.77. The Morgan fingerprint density at radius 1 is 0.605 bits per heavy atom. The van der Waals surface area contributed by atoms with Crippen molar-refractivity contribution in [3.05, 3.63) is 120 Å². The molecule has 43 heavy (non-hydrogen) atoms. The van der Waals surface area contributed by atoms with Crippen LogP contribution in [0.25, 0.3) is 56.0 Å². The molecular formula is C32H20Cl2N8Sn. The summed E-state index contributed by atoms with van der Waals surface area (Å²) in [6, 6.07) is 16.2. The van der Waals surface area contributed by atoms with Crippen LogP contribution >= 0.6 is 17.8 Å². The van der Waals surface area contributed by atoms with Crippen molar-refractivity contribution in [2.45, 2.75) is 11.8 Å². The molecule has 9 rings (SSSR count). The van der Waals surface area contributed by atoms with Crippen LogP contribution in [0.4, 0.5) is 0 Å². The Hall–Kier alpha value is -4.12. The molecule has 5 heterocycles. The molecule has 8 bridgehead atoms. The number of fused-ring (bicyclic) bond motifs is 18. The number of aromatic amines is 2. The van der Waals surface area contributed by atoms with Crippen molar-refractivity contribution >= 4 is 69.9 Å². The molecule has 0 saturated heterocycles. The molecule has 5 aliphatic rings. The van der Waals surface area contributed by atoms with Gasteiger partial charge in [-0.25, -0.2) is 29.9 Å². The van der Waals surface area contributed by atoms with Crippen LogP contribution in [-0.4, -0.2) is 58.8 Å². The molecule has 0 fully saturated rings. The van der Waals surface area contributed by atoms with Crippen LogP contribution in [0.2, 0.25) is 0 Å². The van der Waals surface area contributed by atoms with Crippen LogP contribution in [0, 0.1) is 0 Å². The predicted octanol–water partition coefficient (Wildman–Crippen LogP) is 5.22. The van der Waals surface area contributed by atoms with Crippen molar-refractivity contribution in [3.8, 4) is 22.8 Å². The second kappa shape index (κ2) is 10.9. The van der Waals surface area contributed by atoms with Crippen molar-refractivity contribution < 1.29 is 0 Å². The Morgan fingerprint density at radius 3 is 1.98 bits per heavy atom. The maximum absolute atomic E-state index is 5.09. The van der Waals surface area contributed by atoms with Gasteiger partial charge in [0.15, 0.2) is 17.1 Å². The summed E-state index contributed by atoms with van der Waals surface area (Å²) in [4.78, 5) is 37.0. The zero-order valence-electron chi connectivity index (χ0n) is 22.3. The van der Waals surface area contributed by atoms with Gasteiger partial charge >= 0.3 is 36.7 Å². The number of nitrogens with zero attached hydrogens (tertiary/aromatic N) is 6. The summed E-state index contributed by atoms with van der Waals surface area (Å²) < 4.78 is 0. The topological polar surface area (TPSA) is 109 Å². The molecule has 2 N–H and O–H groups in total. The van der Waals surface area contributed by atoms with E-state index in [1.807, 2.05) is 60.7 Å². The number of benzene rings is 2. The number of H-pyrrole nitrogens is 2. The van der Waals surface area contributed by atoms with Crippen molar-refractivity contribution in [1.29, 1.82) is 0 Å². The maximum atomic E-state index is 5.09. The van der Waals surface area contributed by atoms with Gasteiger partial charge in [0, 0.05) is 33.0 Å². The summed E-state index contributed by atoms with van der Waals surface area (Å²) in [6.07, 6.45) is 16.5. The summed E-state index contributed by atoms with van der Waals surface area (Å²) >= 11 is -0.826. The number of aromatic nitrogens is 8. The zero-order valence-corrected chi connectivity index (χ0v) is 26.7. The van der Waals surface area contributed by atoms with Crippen LogP contribution in [0.15, 0.2) is 97.1 Å². The minimum absolute atomic E-state index is 0.0431. The van der Waals surface area contributed by atoms with E-state index in [4.69, 9.17) is 47.7 Å². The Labute approximate surface area is 262 Å². The van der Waals surface area contributed by atoms with Crippen LogP contribution in [0.3, 0.4) is 0 Å². The summed E-state index contributed by atoms with van der Waals surface area (Å²) in [5, 5.41) is 1.96. The Kier molecular flexibility index (Phi) is 6.69. The third-order valence-corrected chi connectivity index (χ3v) is 7.81. The van der Waals surface area contributed by atoms with Crippen molar-refractivity contribution in [2.24, 2.45) is 0 Å². The van der Waals surface area contributed by atoms with E-state index in [1.54, 1.807) is 0 Å². The van der Waals surface area contributed by atoms with Gasteiger partial charge in [-0.3, -0.25) is 0 Å². The summed E-state index contributed by atoms with van der Waals surface area (Å²) in [7, 11) is 9.87. The third-order valence-electron chi connectivity index (χ3n) is 7.81. The van der Waals surface area contributed by atoms with E-state index in [0.717, 1.165) is 50.0 Å². The number of hydrogen-bond donors (Lipinski definition) is 2. The summed E-state index contributed by atoms with van der Waals surface area (Å²) in [5.41, 5.74) is 6.77. The van der Waals surface area contributed by atoms with Gasteiger partial charge in [0.1, 0.15) is 28.4 Å². The van der Waals surface area contributed by atoms with E-state index in [9.17, 15) is 0 Å². The van der Waals surface area contributed by atoms with E-state index < -0.39 is 18.9 Å². The monoisotopic (exact) mass is 706 g/mol. The van der Waals surface area contributed by atoms with E-state index in [1.165, 1.54) is 0 Å². The van der Waals surface area contributed by atoms with Gasteiger partial charge in [0.05, 0.1) is 11.8 Å². The SMILES string of the molecule is C1=CC2=c3nc(nc4nc(nc5[nH]c(nc6[nH]c(n3)C3C=CC=CC=63)c3ccccc53)-c3ccccc3-4)C2C=C1.[Cl][Sn][Cl]. The van der Waals surface area contributed by atoms with Gasteiger partial charge < -0.3 is 9.97 Å². The molecule has 2 unspecified atom stereocenters. The Morgan fingerprint density at radius 2 is 1.23 bits per heavy atom. The molecule has 0 amide bonds. The van der Waals surface area contributed by atoms with Crippen LogP contribution in [-0.2, 0) is 0 Å². The first-order valence-electron chi connectivity index (χ1n) is 13.6. The van der Waals surface area contributed by atoms with Gasteiger partial charge in [-0.1, -0.05) is 97.1 Å². The standard InChI is InChI=1S/C32H20N8.2ClH.Sn/c1-2-10-18-17(9-1)25-33-26(18)38-28-21-13-5-6-14-22(21)30(35-28)40-32-24-16-8-7-15-23(24)31(36-32)39-29-20-12-4-3-11-19(20)27(34-29)37-25;;;/h1-17,20H,(H,33,37)(H,34,35,36,38,39,40);2*1H;/q;;;+2/p-2. The van der Waals surface area contributed by atoms with E-state index in [0.29, 0.717) is 28.6 Å². The second-order valence-corrected chi connectivity index (χ2v) is 14.4. The number of allylic oxidation sites excluding steroid dienone is 8. The number of halogens is 2. The molecular weight excluding hydrogens is 686 g/mol. The molecule has 2 aliphatic carbocycles. The van der Waals surface area contributed by atoms with Crippen molar-refractivity contribution in [1.82, 2.24) is 39.9 Å². The van der Waals surface area contributed by atoms with E-state index >= 15 is 0 Å². The molecule has 2 atom stereocenters. The fourth-order valence-corrected chi connectivity index (χ4v) is 5.90. The molecule has 2 aromatic carbocycles. The fraction of sp³-hybridized carbons (Fsp3) is 0.0625. The average molecular weight is 706 g/mol. The van der Waals surface area contributed by atoms with Crippen LogP contribution < -0.4 is 11.0 Å². The molecule has 2 aromatic heterocycles. The molecule has 2 radical (unpaired) electrons. The van der Waals surface area contributed by atoms with Gasteiger partial charge in [-0.2, -0.15) is 0 Å². The Balaban J connectivity index is 0.000000892. The van der Waals surface area contributed by atoms with E-state index in [2.05, 4.69) is 46.4 Å². The quantitative estimate of drug-likeness (QED) is 0.214. The zero-order chi connectivity index (χ0) is 28.9. The first kappa shape index (κ1) is 26.5. The van der Waals surface area contributed by atoms with Crippen LogP contribution in [0.1, 0.15) is 23.5 Å². The summed E-state index contributed by atoms with van der Waals surface area (Å²) in [6.45, 7) is 0. The first-order valence-corrected chi connectivity index (χ1v) is 20.8. The first-order chi connectivity index (χ1) is 21.2. The van der Waals surface area contributed by atoms with Gasteiger partial charge in [0.25, 0.3) is 0 Å². The molecule has 4 aromatic rings. The number of hydrogen-bond acceptors (Lipinski definition) is 6. The van der Waals surface area contributed by atoms with Crippen LogP contribution in [0.5, 0.6) is 0 Å². The second-order valence-electron chi connectivity index (χ2n) is 10.2. The molecule has 8 nitrogen and oxygen atoms in total. The van der Waals surface area contributed by atoms with E-state index in [-0.39, 0.29) is 11.8 Å². The fourth-order valence-electron chi connectivity index (χ4n) is 5.90.